The van der Waals surface area contributed by atoms with Crippen LogP contribution in [0.2, 0.25) is 0 Å². The lowest BCUT2D eigenvalue weighted by Crippen LogP contribution is -1.92. The molecule has 0 saturated carbocycles. The minimum atomic E-state index is -0.698. The summed E-state index contributed by atoms with van der Waals surface area (Å²) in [5, 5.41) is 10.1. The van der Waals surface area contributed by atoms with Gasteiger partial charge in [-0.1, -0.05) is 0 Å². The number of halogens is 1. The highest BCUT2D eigenvalue weighted by atomic mass is 19.1. The molecule has 0 heterocycles. The van der Waals surface area contributed by atoms with Gasteiger partial charge in [-0.05, 0) is 6.07 Å². The van der Waals surface area contributed by atoms with Gasteiger partial charge in [0, 0.05) is 11.8 Å². The molecule has 0 aliphatic carbocycles. The van der Waals surface area contributed by atoms with E-state index in [9.17, 15) is 14.5 Å². The van der Waals surface area contributed by atoms with E-state index in [4.69, 9.17) is 5.73 Å². The summed E-state index contributed by atoms with van der Waals surface area (Å²) < 4.78 is 12.4. The average Bonchev–Trinajstić information content (AvgIpc) is 1.85. The summed E-state index contributed by atoms with van der Waals surface area (Å²) in [5.74, 6) is -0.698. The van der Waals surface area contributed by atoms with Crippen LogP contribution in [0.3, 0.4) is 0 Å². The highest BCUT2D eigenvalue weighted by Gasteiger charge is 2.07. The number of nitro groups is 1. The zero-order chi connectivity index (χ0) is 8.43. The Hall–Kier alpha value is -1.65. The van der Waals surface area contributed by atoms with Gasteiger partial charge in [0.1, 0.15) is 5.82 Å². The van der Waals surface area contributed by atoms with E-state index >= 15 is 0 Å². The topological polar surface area (TPSA) is 69.2 Å². The molecule has 0 amide bonds. The molecule has 0 aliphatic rings. The summed E-state index contributed by atoms with van der Waals surface area (Å²) in [7, 11) is 0. The first kappa shape index (κ1) is 7.46. The molecule has 5 heteroatoms. The number of hydrogen-bond donors (Lipinski definition) is 1. The van der Waals surface area contributed by atoms with Crippen molar-refractivity contribution in [3.05, 3.63) is 34.1 Å². The van der Waals surface area contributed by atoms with Gasteiger partial charge in [0.05, 0.1) is 11.0 Å². The second-order valence-corrected chi connectivity index (χ2v) is 2.00. The summed E-state index contributed by atoms with van der Waals surface area (Å²) in [6.45, 7) is 0. The molecular formula is C6H5FN2O2. The van der Waals surface area contributed by atoms with Crippen LogP contribution in [0.4, 0.5) is 15.8 Å². The van der Waals surface area contributed by atoms with Gasteiger partial charge in [0.15, 0.2) is 0 Å². The van der Waals surface area contributed by atoms with E-state index in [2.05, 4.69) is 0 Å². The molecule has 0 saturated heterocycles. The fraction of sp³-hybridized carbons (Fsp3) is 0. The second-order valence-electron chi connectivity index (χ2n) is 2.00. The van der Waals surface area contributed by atoms with E-state index in [0.29, 0.717) is 0 Å². The fourth-order valence-corrected chi connectivity index (χ4v) is 0.702. The summed E-state index contributed by atoms with van der Waals surface area (Å²) in [6.07, 6.45) is 0. The van der Waals surface area contributed by atoms with Crippen molar-refractivity contribution >= 4 is 11.4 Å². The van der Waals surface area contributed by atoms with Crippen LogP contribution < -0.4 is 5.73 Å². The Labute approximate surface area is 61.6 Å². The molecule has 11 heavy (non-hydrogen) atoms. The smallest absolute Gasteiger partial charge is 0.274 e. The van der Waals surface area contributed by atoms with E-state index in [1.165, 1.54) is 0 Å². The highest BCUT2D eigenvalue weighted by Crippen LogP contribution is 2.16. The van der Waals surface area contributed by atoms with Gasteiger partial charge >= 0.3 is 0 Å². The molecule has 0 spiro atoms. The Kier molecular flexibility index (Phi) is 1.72. The van der Waals surface area contributed by atoms with Gasteiger partial charge in [-0.2, -0.15) is 0 Å². The Morgan fingerprint density at radius 3 is 2.55 bits per heavy atom. The van der Waals surface area contributed by atoms with Crippen LogP contribution in [0, 0.1) is 15.9 Å². The zero-order valence-electron chi connectivity index (χ0n) is 5.45. The third-order valence-corrected chi connectivity index (χ3v) is 1.12. The predicted octanol–water partition coefficient (Wildman–Crippen LogP) is 1.32. The van der Waals surface area contributed by atoms with Gasteiger partial charge in [0.25, 0.3) is 5.69 Å². The zero-order valence-corrected chi connectivity index (χ0v) is 5.45. The van der Waals surface area contributed by atoms with E-state index in [1.807, 2.05) is 0 Å². The number of non-ortho nitro benzene ring substituents is 1. The third kappa shape index (κ3) is 1.64. The number of hydrogen-bond acceptors (Lipinski definition) is 3. The quantitative estimate of drug-likeness (QED) is 0.378. The molecule has 2 N–H and O–H groups in total. The number of anilines is 1. The van der Waals surface area contributed by atoms with Gasteiger partial charge < -0.3 is 5.73 Å². The highest BCUT2D eigenvalue weighted by molar-refractivity contribution is 5.47. The van der Waals surface area contributed by atoms with Crippen LogP contribution in [-0.4, -0.2) is 4.92 Å². The average molecular weight is 156 g/mol. The molecule has 58 valence electrons. The normalized spacial score (nSPS) is 9.55. The molecule has 0 bridgehead atoms. The van der Waals surface area contributed by atoms with Crippen molar-refractivity contribution < 1.29 is 9.31 Å². The standard InChI is InChI=1S/C6H5FN2O2/c7-4-1-5(8)3-6(2-4)9(10)11/h1-3H,8H2. The molecular weight excluding hydrogens is 151 g/mol. The first-order valence-electron chi connectivity index (χ1n) is 2.80. The van der Waals surface area contributed by atoms with Crippen LogP contribution in [-0.2, 0) is 0 Å². The molecule has 0 radical (unpaired) electrons. The van der Waals surface area contributed by atoms with Gasteiger partial charge in [-0.3, -0.25) is 10.1 Å². The predicted molar refractivity (Wildman–Crippen MR) is 37.5 cm³/mol. The van der Waals surface area contributed by atoms with Crippen molar-refractivity contribution in [2.24, 2.45) is 0 Å². The van der Waals surface area contributed by atoms with Crippen molar-refractivity contribution in [2.75, 3.05) is 5.73 Å². The van der Waals surface area contributed by atoms with Crippen molar-refractivity contribution in [3.8, 4) is 0 Å². The molecule has 0 aromatic heterocycles. The van der Waals surface area contributed by atoms with Crippen molar-refractivity contribution in [1.29, 1.82) is 0 Å². The van der Waals surface area contributed by atoms with Crippen LogP contribution in [0.15, 0.2) is 18.2 Å². The Balaban J connectivity index is 3.19. The number of nitrogen functional groups attached to an aromatic ring is 1. The maximum atomic E-state index is 12.4. The minimum Gasteiger partial charge on any atom is -0.398 e. The van der Waals surface area contributed by atoms with Crippen LogP contribution in [0.5, 0.6) is 0 Å². The summed E-state index contributed by atoms with van der Waals surface area (Å²) in [5.41, 5.74) is 4.87. The van der Waals surface area contributed by atoms with E-state index in [0.717, 1.165) is 18.2 Å². The lowest BCUT2D eigenvalue weighted by molar-refractivity contribution is -0.385. The molecule has 0 aliphatic heterocycles. The Morgan fingerprint density at radius 1 is 1.45 bits per heavy atom. The van der Waals surface area contributed by atoms with Crippen LogP contribution in [0.25, 0.3) is 0 Å². The molecule has 1 rings (SSSR count). The Morgan fingerprint density at radius 2 is 2.09 bits per heavy atom. The fourth-order valence-electron chi connectivity index (χ4n) is 0.702. The number of rotatable bonds is 1. The third-order valence-electron chi connectivity index (χ3n) is 1.12. The number of benzene rings is 1. The van der Waals surface area contributed by atoms with Crippen LogP contribution in [0.1, 0.15) is 0 Å². The van der Waals surface area contributed by atoms with E-state index < -0.39 is 10.7 Å². The maximum absolute atomic E-state index is 12.4. The number of nitro benzene ring substituents is 1. The first-order valence-corrected chi connectivity index (χ1v) is 2.80. The second kappa shape index (κ2) is 2.53. The SMILES string of the molecule is Nc1cc(F)cc([N+](=O)[O-])c1. The van der Waals surface area contributed by atoms with E-state index in [-0.39, 0.29) is 11.4 Å². The molecule has 1 aromatic carbocycles. The molecule has 0 fully saturated rings. The van der Waals surface area contributed by atoms with Crippen molar-refractivity contribution in [2.45, 2.75) is 0 Å². The largest absolute Gasteiger partial charge is 0.398 e. The summed E-state index contributed by atoms with van der Waals surface area (Å²) >= 11 is 0. The number of nitrogens with zero attached hydrogens (tertiary/aromatic N) is 1. The van der Waals surface area contributed by atoms with Gasteiger partial charge in [-0.25, -0.2) is 4.39 Å². The van der Waals surface area contributed by atoms with Crippen LogP contribution >= 0.6 is 0 Å². The molecule has 4 nitrogen and oxygen atoms in total. The maximum Gasteiger partial charge on any atom is 0.274 e. The monoisotopic (exact) mass is 156 g/mol. The van der Waals surface area contributed by atoms with Gasteiger partial charge in [0.2, 0.25) is 0 Å². The van der Waals surface area contributed by atoms with Crippen molar-refractivity contribution in [1.82, 2.24) is 0 Å². The lowest BCUT2D eigenvalue weighted by Gasteiger charge is -1.93. The minimum absolute atomic E-state index is 0.0525. The first-order chi connectivity index (χ1) is 5.09. The number of nitrogens with two attached hydrogens (primary N) is 1. The summed E-state index contributed by atoms with van der Waals surface area (Å²) in [4.78, 5) is 9.39. The van der Waals surface area contributed by atoms with E-state index in [1.54, 1.807) is 0 Å². The molecule has 0 atom stereocenters. The molecule has 1 aromatic rings. The lowest BCUT2D eigenvalue weighted by atomic mass is 10.3. The summed E-state index contributed by atoms with van der Waals surface area (Å²) in [6, 6.07) is 2.94. The Bertz CT molecular complexity index is 280. The van der Waals surface area contributed by atoms with Gasteiger partial charge in [-0.15, -0.1) is 0 Å². The van der Waals surface area contributed by atoms with Crippen molar-refractivity contribution in [3.63, 3.8) is 0 Å². The molecule has 0 unspecified atom stereocenters.